The Hall–Kier alpha value is -2.87. The zero-order valence-electron chi connectivity index (χ0n) is 14.9. The second-order valence-corrected chi connectivity index (χ2v) is 6.51. The van der Waals surface area contributed by atoms with Gasteiger partial charge in [0.1, 0.15) is 11.5 Å². The molecule has 28 heavy (non-hydrogen) atoms. The van der Waals surface area contributed by atoms with Crippen LogP contribution in [0.25, 0.3) is 6.08 Å². The molecule has 148 valence electrons. The topological polar surface area (TPSA) is 72.8 Å². The van der Waals surface area contributed by atoms with Crippen molar-refractivity contribution in [1.29, 1.82) is 0 Å². The van der Waals surface area contributed by atoms with Crippen LogP contribution in [-0.4, -0.2) is 36.3 Å². The van der Waals surface area contributed by atoms with Crippen LogP contribution in [0, 0.1) is 0 Å². The van der Waals surface area contributed by atoms with Crippen molar-refractivity contribution in [3.05, 3.63) is 65.2 Å². The van der Waals surface area contributed by atoms with E-state index in [1.54, 1.807) is 36.4 Å². The molecule has 0 aliphatic rings. The number of carbonyl (C=O) groups is 2. The van der Waals surface area contributed by atoms with Crippen molar-refractivity contribution in [3.8, 4) is 11.5 Å². The number of allylic oxidation sites excluding steroid dienone is 1. The van der Waals surface area contributed by atoms with Gasteiger partial charge in [0, 0.05) is 22.4 Å². The molecule has 0 atom stereocenters. The monoisotopic (exact) mass is 408 g/mol. The highest BCUT2D eigenvalue weighted by Gasteiger charge is 2.11. The summed E-state index contributed by atoms with van der Waals surface area (Å²) in [4.78, 5) is 23.1. The molecule has 2 aromatic rings. The molecule has 0 aliphatic carbocycles. The summed E-state index contributed by atoms with van der Waals surface area (Å²) in [5.41, 5.74) is 1.41. The maximum absolute atomic E-state index is 12.5. The van der Waals surface area contributed by atoms with E-state index in [2.05, 4.69) is 4.74 Å². The van der Waals surface area contributed by atoms with Crippen molar-refractivity contribution in [2.75, 3.05) is 12.9 Å². The fraction of sp³-hybridized carbons (Fsp3) is 0.200. The molecule has 0 saturated heterocycles. The number of benzene rings is 2. The summed E-state index contributed by atoms with van der Waals surface area (Å²) in [6, 6.07) is 11.0. The third-order valence-corrected chi connectivity index (χ3v) is 4.56. The van der Waals surface area contributed by atoms with Crippen molar-refractivity contribution in [3.63, 3.8) is 0 Å². The summed E-state index contributed by atoms with van der Waals surface area (Å²) >= 11 is 1.19. The molecule has 0 saturated carbocycles. The zero-order chi connectivity index (χ0) is 20.5. The van der Waals surface area contributed by atoms with Gasteiger partial charge in [-0.25, -0.2) is 0 Å². The van der Waals surface area contributed by atoms with Crippen LogP contribution in [0.2, 0.25) is 0 Å². The number of methoxy groups -OCH3 is 1. The third-order valence-electron chi connectivity index (χ3n) is 3.60. The maximum Gasteiger partial charge on any atom is 0.387 e. The Labute approximate surface area is 165 Å². The average molecular weight is 408 g/mol. The lowest BCUT2D eigenvalue weighted by atomic mass is 10.1. The van der Waals surface area contributed by atoms with Crippen molar-refractivity contribution in [2.45, 2.75) is 12.4 Å². The van der Waals surface area contributed by atoms with E-state index in [1.165, 1.54) is 37.1 Å². The number of carbonyl (C=O) groups excluding carboxylic acids is 1. The highest BCUT2D eigenvalue weighted by atomic mass is 32.2. The number of hydrogen-bond donors (Lipinski definition) is 1. The third kappa shape index (κ3) is 6.38. The van der Waals surface area contributed by atoms with Gasteiger partial charge < -0.3 is 14.6 Å². The number of thioether (sulfide) groups is 1. The van der Waals surface area contributed by atoms with Crippen LogP contribution in [0.15, 0.2) is 48.5 Å². The molecule has 0 aliphatic heterocycles. The number of hydrogen-bond acceptors (Lipinski definition) is 5. The summed E-state index contributed by atoms with van der Waals surface area (Å²) < 4.78 is 34.6. The van der Waals surface area contributed by atoms with Gasteiger partial charge in [-0.05, 0) is 36.4 Å². The van der Waals surface area contributed by atoms with Gasteiger partial charge in [-0.15, -0.1) is 11.8 Å². The van der Waals surface area contributed by atoms with Gasteiger partial charge in [0.05, 0.1) is 12.9 Å². The molecule has 5 nitrogen and oxygen atoms in total. The molecule has 0 amide bonds. The summed E-state index contributed by atoms with van der Waals surface area (Å²) in [6.07, 6.45) is 2.67. The number of halogens is 2. The summed E-state index contributed by atoms with van der Waals surface area (Å²) in [5.74, 6) is -0.438. The Morgan fingerprint density at radius 2 is 1.93 bits per heavy atom. The SMILES string of the molecule is COc1ccc(C(=O)C=Cc2ccccc2OC(F)F)cc1CSCC(=O)O. The smallest absolute Gasteiger partial charge is 0.387 e. The van der Waals surface area contributed by atoms with E-state index in [-0.39, 0.29) is 17.3 Å². The summed E-state index contributed by atoms with van der Waals surface area (Å²) in [7, 11) is 1.49. The fourth-order valence-corrected chi connectivity index (χ4v) is 3.10. The van der Waals surface area contributed by atoms with Crippen LogP contribution in [0.5, 0.6) is 11.5 Å². The molecule has 0 bridgehead atoms. The van der Waals surface area contributed by atoms with E-state index in [1.807, 2.05) is 0 Å². The van der Waals surface area contributed by atoms with Crippen molar-refractivity contribution < 1.29 is 33.0 Å². The van der Waals surface area contributed by atoms with Gasteiger partial charge in [-0.2, -0.15) is 8.78 Å². The first-order chi connectivity index (χ1) is 13.4. The first kappa shape index (κ1) is 21.4. The van der Waals surface area contributed by atoms with Gasteiger partial charge in [-0.1, -0.05) is 18.2 Å². The molecule has 0 radical (unpaired) electrons. The lowest BCUT2D eigenvalue weighted by molar-refractivity contribution is -0.133. The van der Waals surface area contributed by atoms with E-state index in [4.69, 9.17) is 9.84 Å². The molecule has 0 unspecified atom stereocenters. The summed E-state index contributed by atoms with van der Waals surface area (Å²) in [6.45, 7) is -2.96. The minimum Gasteiger partial charge on any atom is -0.496 e. The molecule has 0 heterocycles. The Balaban J connectivity index is 2.18. The lowest BCUT2D eigenvalue weighted by Gasteiger charge is -2.09. The lowest BCUT2D eigenvalue weighted by Crippen LogP contribution is -2.03. The van der Waals surface area contributed by atoms with Gasteiger partial charge >= 0.3 is 12.6 Å². The quantitative estimate of drug-likeness (QED) is 0.461. The van der Waals surface area contributed by atoms with Crippen molar-refractivity contribution in [2.24, 2.45) is 0 Å². The van der Waals surface area contributed by atoms with Crippen LogP contribution in [0.3, 0.4) is 0 Å². The van der Waals surface area contributed by atoms with Gasteiger partial charge in [-0.3, -0.25) is 9.59 Å². The highest BCUT2D eigenvalue weighted by Crippen LogP contribution is 2.26. The fourth-order valence-electron chi connectivity index (χ4n) is 2.38. The summed E-state index contributed by atoms with van der Waals surface area (Å²) in [5, 5.41) is 8.74. The molecule has 0 fully saturated rings. The number of ether oxygens (including phenoxy) is 2. The second-order valence-electron chi connectivity index (χ2n) is 5.53. The molecular weight excluding hydrogens is 390 g/mol. The minimum atomic E-state index is -2.96. The number of para-hydroxylation sites is 1. The molecule has 2 rings (SSSR count). The number of alkyl halides is 2. The predicted molar refractivity (Wildman–Crippen MR) is 103 cm³/mol. The maximum atomic E-state index is 12.5. The Morgan fingerprint density at radius 1 is 1.18 bits per heavy atom. The number of carboxylic acid groups (broad SMARTS) is 1. The van der Waals surface area contributed by atoms with E-state index in [9.17, 15) is 18.4 Å². The largest absolute Gasteiger partial charge is 0.496 e. The van der Waals surface area contributed by atoms with E-state index < -0.39 is 12.6 Å². The molecule has 1 N–H and O–H groups in total. The van der Waals surface area contributed by atoms with Gasteiger partial charge in [0.2, 0.25) is 0 Å². The first-order valence-corrected chi connectivity index (χ1v) is 9.29. The first-order valence-electron chi connectivity index (χ1n) is 8.13. The molecular formula is C20H18F2O5S. The van der Waals surface area contributed by atoms with E-state index in [0.717, 1.165) is 0 Å². The van der Waals surface area contributed by atoms with Crippen LogP contribution >= 0.6 is 11.8 Å². The van der Waals surface area contributed by atoms with E-state index in [0.29, 0.717) is 28.2 Å². The van der Waals surface area contributed by atoms with Crippen LogP contribution in [0.1, 0.15) is 21.5 Å². The average Bonchev–Trinajstić information content (AvgIpc) is 2.66. The Kier molecular flexibility index (Phi) is 8.01. The van der Waals surface area contributed by atoms with Crippen molar-refractivity contribution in [1.82, 2.24) is 0 Å². The number of aliphatic carboxylic acids is 1. The zero-order valence-corrected chi connectivity index (χ0v) is 15.7. The number of carboxylic acids is 1. The number of rotatable bonds is 10. The predicted octanol–water partition coefficient (Wildman–Crippen LogP) is 4.51. The molecule has 0 spiro atoms. The molecule has 2 aromatic carbocycles. The second kappa shape index (κ2) is 10.5. The molecule has 8 heteroatoms. The molecule has 0 aromatic heterocycles. The van der Waals surface area contributed by atoms with Gasteiger partial charge in [0.15, 0.2) is 5.78 Å². The standard InChI is InChI=1S/C20H18F2O5S/c1-26-17-9-7-14(10-15(17)11-28-12-19(24)25)16(23)8-6-13-4-2-3-5-18(13)27-20(21)22/h2-10,20H,11-12H2,1H3,(H,24,25). The van der Waals surface area contributed by atoms with Gasteiger partial charge in [0.25, 0.3) is 0 Å². The Morgan fingerprint density at radius 3 is 2.61 bits per heavy atom. The van der Waals surface area contributed by atoms with Crippen LogP contribution in [0.4, 0.5) is 8.78 Å². The Bertz CT molecular complexity index is 867. The normalized spacial score (nSPS) is 11.0. The minimum absolute atomic E-state index is 0.0259. The number of ketones is 1. The van der Waals surface area contributed by atoms with Crippen LogP contribution < -0.4 is 9.47 Å². The van der Waals surface area contributed by atoms with Crippen molar-refractivity contribution >= 4 is 29.6 Å². The van der Waals surface area contributed by atoms with Crippen LogP contribution in [-0.2, 0) is 10.5 Å². The highest BCUT2D eigenvalue weighted by molar-refractivity contribution is 7.99. The van der Waals surface area contributed by atoms with E-state index >= 15 is 0 Å².